The Bertz CT molecular complexity index is 5420. The molecule has 0 unspecified atom stereocenters. The van der Waals surface area contributed by atoms with Gasteiger partial charge in [0.1, 0.15) is 0 Å². The Morgan fingerprint density at radius 3 is 0.789 bits per heavy atom. The van der Waals surface area contributed by atoms with Crippen molar-refractivity contribution in [3.8, 4) is 0 Å². The second-order valence-electron chi connectivity index (χ2n) is 27.9. The number of hydrogen-bond acceptors (Lipinski definition) is 19. The third kappa shape index (κ3) is 12.6. The van der Waals surface area contributed by atoms with Crippen molar-refractivity contribution < 1.29 is 79.6 Å². The number of nitrogens with one attached hydrogen (secondary N) is 2. The number of rotatable bonds is 34. The van der Waals surface area contributed by atoms with Crippen molar-refractivity contribution in [2.24, 2.45) is 0 Å². The normalized spacial score (nSPS) is 14.7. The fourth-order valence-electron chi connectivity index (χ4n) is 16.2. The highest BCUT2D eigenvalue weighted by molar-refractivity contribution is 7.91. The van der Waals surface area contributed by atoms with Crippen LogP contribution in [0.2, 0.25) is 0 Å². The van der Waals surface area contributed by atoms with Crippen molar-refractivity contribution in [1.29, 1.82) is 0 Å². The molecule has 12 aromatic carbocycles. The maximum absolute atomic E-state index is 14.5. The van der Waals surface area contributed by atoms with Crippen molar-refractivity contribution in [1.82, 2.24) is 20.4 Å². The van der Waals surface area contributed by atoms with Crippen LogP contribution in [0, 0.1) is 0 Å². The van der Waals surface area contributed by atoms with Crippen LogP contribution in [0.1, 0.15) is 134 Å². The zero-order valence-electron chi connectivity index (χ0n) is 59.5. The predicted octanol–water partition coefficient (Wildman–Crippen LogP) is 11.2. The molecule has 4 heterocycles. The molecule has 0 fully saturated rings. The summed E-state index contributed by atoms with van der Waals surface area (Å²) < 4.78 is 70.4. The molecule has 8 amide bonds. The van der Waals surface area contributed by atoms with E-state index >= 15 is 0 Å². The van der Waals surface area contributed by atoms with Gasteiger partial charge in [-0.25, -0.2) is 26.6 Å². The molecule has 0 radical (unpaired) electrons. The number of aliphatic hydroxyl groups excluding tert-OH is 2. The maximum Gasteiger partial charge on any atom is 0.265 e. The highest BCUT2D eigenvalue weighted by Crippen LogP contribution is 2.49. The Labute approximate surface area is 625 Å². The van der Waals surface area contributed by atoms with Crippen LogP contribution < -0.4 is 20.4 Å². The van der Waals surface area contributed by atoms with E-state index in [1.165, 1.54) is 58.3 Å². The highest BCUT2D eigenvalue weighted by atomic mass is 32.2. The summed E-state index contributed by atoms with van der Waals surface area (Å²) in [6.45, 7) is 4.41. The van der Waals surface area contributed by atoms with Crippen molar-refractivity contribution in [2.75, 3.05) is 113 Å². The average molecular weight is 1510 g/mol. The quantitative estimate of drug-likeness (QED) is 0.0126. The van der Waals surface area contributed by atoms with E-state index in [9.17, 15) is 55.2 Å². The van der Waals surface area contributed by atoms with E-state index in [0.29, 0.717) is 143 Å². The number of amides is 8. The zero-order chi connectivity index (χ0) is 75.6. The third-order valence-corrected chi connectivity index (χ3v) is 24.9. The molecule has 0 aliphatic carbocycles. The molecule has 4 aliphatic rings. The lowest BCUT2D eigenvalue weighted by Crippen LogP contribution is -2.41. The van der Waals surface area contributed by atoms with Crippen molar-refractivity contribution >= 4 is 164 Å². The summed E-state index contributed by atoms with van der Waals surface area (Å²) in [6, 6.07) is 39.6. The number of ether oxygens (including phenoxy) is 3. The number of carbonyl (C=O) groups is 8. The lowest BCUT2D eigenvalue weighted by atomic mass is 9.82. The second-order valence-corrected chi connectivity index (χ2v) is 32.2. The van der Waals surface area contributed by atoms with Gasteiger partial charge in [-0.2, -0.15) is 0 Å². The number of aliphatic hydroxyl groups is 2. The SMILES string of the molecule is O=C1c2ccc3c4ccc5c6c(ccc(c7ccc(c2c37)C(=O)N1CCCOCCCN1C(=O)c2ccc3c7ccc8c9c(ccc(c%10ccc(c2c3%10)C1=O)c97)C(=O)N(c1ccc(S(=O)(=O)CCNCCCOCCCCO)cc1)C8=O)c64)C(=O)N(c1ccc(S(=O)(=O)CCNCCCOCCCCO)cc1)C5=O. The third-order valence-electron chi connectivity index (χ3n) is 21.5. The van der Waals surface area contributed by atoms with Gasteiger partial charge in [0, 0.05) is 145 Å². The first kappa shape index (κ1) is 72.6. The number of anilines is 2. The number of hydrogen-bond donors (Lipinski definition) is 4. The fourth-order valence-corrected chi connectivity index (χ4v) is 18.6. The van der Waals surface area contributed by atoms with Crippen LogP contribution >= 0.6 is 0 Å². The molecule has 25 heteroatoms. The van der Waals surface area contributed by atoms with Gasteiger partial charge in [0.2, 0.25) is 0 Å². The molecule has 4 N–H and O–H groups in total. The molecule has 12 aromatic rings. The molecule has 556 valence electrons. The predicted molar refractivity (Wildman–Crippen MR) is 415 cm³/mol. The Kier molecular flexibility index (Phi) is 19.8. The van der Waals surface area contributed by atoms with E-state index in [1.54, 1.807) is 48.5 Å². The summed E-state index contributed by atoms with van der Waals surface area (Å²) in [5, 5.41) is 34.6. The Balaban J connectivity index is 0.546. The van der Waals surface area contributed by atoms with Crippen LogP contribution in [0.3, 0.4) is 0 Å². The smallest absolute Gasteiger partial charge is 0.265 e. The molecule has 0 aromatic heterocycles. The molecule has 0 spiro atoms. The van der Waals surface area contributed by atoms with Crippen LogP contribution in [-0.4, -0.2) is 188 Å². The topological polar surface area (TPSA) is 310 Å². The van der Waals surface area contributed by atoms with Crippen molar-refractivity contribution in [3.63, 3.8) is 0 Å². The first-order valence-electron chi connectivity index (χ1n) is 36.9. The molecule has 16 rings (SSSR count). The van der Waals surface area contributed by atoms with Gasteiger partial charge in [0.25, 0.3) is 47.3 Å². The van der Waals surface area contributed by atoms with E-state index in [0.717, 1.165) is 65.7 Å². The van der Waals surface area contributed by atoms with E-state index < -0.39 is 66.9 Å². The standard InChI is InChI=1S/C84H76N6O17S2/c91-39-1-3-41-105-43-5-33-85-35-47-108(101,102)51-13-9-49(10-14-51)89-81(97)65-29-21-57-53-17-25-61-73-62(26-18-54(69(53)73)58-22-30-66(82(89)98)75(65)71(57)58)78(94)87(77(61)93)37-7-45-107-46-8-38-88-79(95)63-27-19-55-59-23-31-67-76-68(32-24-60(72(59)76)56-20-28-64(80(88)96)74(63)70(55)56)84(100)90(83(67)99)50-11-15-52(16-12-50)109(103,104)48-36-86-34-6-44-106-42-4-2-40-92/h9-32,85-86,91-92H,1-8,33-48H2. The van der Waals surface area contributed by atoms with Crippen molar-refractivity contribution in [2.45, 2.75) is 61.2 Å². The summed E-state index contributed by atoms with van der Waals surface area (Å²) >= 11 is 0. The Hall–Kier alpha value is -10.6. The van der Waals surface area contributed by atoms with Crippen molar-refractivity contribution in [3.05, 3.63) is 190 Å². The first-order chi connectivity index (χ1) is 52.9. The van der Waals surface area contributed by atoms with Crippen LogP contribution in [0.4, 0.5) is 11.4 Å². The molecular weight excluding hydrogens is 1430 g/mol. The Morgan fingerprint density at radius 1 is 0.275 bits per heavy atom. The lowest BCUT2D eigenvalue weighted by Gasteiger charge is -2.30. The number of carbonyl (C=O) groups excluding carboxylic acids is 8. The highest BCUT2D eigenvalue weighted by Gasteiger charge is 2.41. The first-order valence-corrected chi connectivity index (χ1v) is 40.2. The fraction of sp³-hybridized carbons (Fsp3) is 0.286. The van der Waals surface area contributed by atoms with Gasteiger partial charge in [-0.15, -0.1) is 0 Å². The van der Waals surface area contributed by atoms with E-state index in [2.05, 4.69) is 10.6 Å². The number of unbranched alkanes of at least 4 members (excludes halogenated alkanes) is 2. The number of imide groups is 4. The zero-order valence-corrected chi connectivity index (χ0v) is 61.1. The molecule has 0 saturated carbocycles. The summed E-state index contributed by atoms with van der Waals surface area (Å²) in [7, 11) is -7.41. The van der Waals surface area contributed by atoms with Gasteiger partial charge >= 0.3 is 0 Å². The molecule has 0 saturated heterocycles. The van der Waals surface area contributed by atoms with Gasteiger partial charge in [0.05, 0.1) is 32.7 Å². The minimum Gasteiger partial charge on any atom is -0.396 e. The van der Waals surface area contributed by atoms with E-state index in [-0.39, 0.29) is 108 Å². The van der Waals surface area contributed by atoms with Crippen LogP contribution in [0.25, 0.3) is 86.2 Å². The number of sulfone groups is 2. The lowest BCUT2D eigenvalue weighted by molar-refractivity contribution is 0.0567. The van der Waals surface area contributed by atoms with Gasteiger partial charge in [-0.3, -0.25) is 48.2 Å². The summed E-state index contributed by atoms with van der Waals surface area (Å²) in [5.41, 5.74) is 2.93. The van der Waals surface area contributed by atoms with Gasteiger partial charge in [0.15, 0.2) is 19.7 Å². The molecular formula is C84H76N6O17S2. The molecule has 109 heavy (non-hydrogen) atoms. The maximum atomic E-state index is 14.5. The summed E-state index contributed by atoms with van der Waals surface area (Å²) in [5.74, 6) is -4.49. The largest absolute Gasteiger partial charge is 0.396 e. The van der Waals surface area contributed by atoms with Crippen LogP contribution in [-0.2, 0) is 33.9 Å². The average Bonchev–Trinajstić information content (AvgIpc) is 0.694. The molecule has 0 bridgehead atoms. The van der Waals surface area contributed by atoms with E-state index in [1.807, 2.05) is 48.5 Å². The molecule has 0 atom stereocenters. The number of benzene rings is 12. The summed E-state index contributed by atoms with van der Waals surface area (Å²) in [6.07, 6.45) is 4.90. The molecule has 23 nitrogen and oxygen atoms in total. The Morgan fingerprint density at radius 2 is 0.523 bits per heavy atom. The van der Waals surface area contributed by atoms with Gasteiger partial charge in [-0.1, -0.05) is 48.5 Å². The minimum atomic E-state index is -3.71. The second kappa shape index (κ2) is 29.8. The van der Waals surface area contributed by atoms with E-state index in [4.69, 9.17) is 24.4 Å². The summed E-state index contributed by atoms with van der Waals surface area (Å²) in [4.78, 5) is 120. The number of nitrogens with zero attached hydrogens (tertiary/aromatic N) is 4. The number of fused-ring (bicyclic) bond motifs is 4. The van der Waals surface area contributed by atoms with Crippen LogP contribution in [0.15, 0.2) is 155 Å². The monoisotopic (exact) mass is 1500 g/mol. The van der Waals surface area contributed by atoms with Crippen LogP contribution in [0.5, 0.6) is 0 Å². The molecule has 4 aliphatic heterocycles. The van der Waals surface area contributed by atoms with Gasteiger partial charge in [-0.05, 0) is 226 Å². The minimum absolute atomic E-state index is 0.0464. The van der Waals surface area contributed by atoms with Gasteiger partial charge < -0.3 is 35.1 Å².